The van der Waals surface area contributed by atoms with E-state index in [1.54, 1.807) is 0 Å². The highest BCUT2D eigenvalue weighted by Gasteiger charge is 2.13. The van der Waals surface area contributed by atoms with Gasteiger partial charge in [-0.15, -0.1) is 0 Å². The summed E-state index contributed by atoms with van der Waals surface area (Å²) in [6.45, 7) is 2.30. The molecule has 0 spiro atoms. The average molecular weight is 357 g/mol. The van der Waals surface area contributed by atoms with Crippen LogP contribution in [0.1, 0.15) is 22.8 Å². The van der Waals surface area contributed by atoms with E-state index in [2.05, 4.69) is 67.6 Å². The van der Waals surface area contributed by atoms with Gasteiger partial charge in [-0.05, 0) is 30.3 Å². The number of rotatable bonds is 8. The van der Waals surface area contributed by atoms with Crippen LogP contribution in [0.3, 0.4) is 0 Å². The third-order valence-corrected chi connectivity index (χ3v) is 4.57. The van der Waals surface area contributed by atoms with Gasteiger partial charge in [0.25, 0.3) is 0 Å². The molecule has 0 saturated heterocycles. The van der Waals surface area contributed by atoms with Crippen molar-refractivity contribution in [3.8, 4) is 0 Å². The zero-order valence-electron chi connectivity index (χ0n) is 15.2. The zero-order chi connectivity index (χ0) is 18.3. The second kappa shape index (κ2) is 8.56. The number of nitrogens with zero attached hydrogens (tertiary/aromatic N) is 4. The predicted octanol–water partition coefficient (Wildman–Crippen LogP) is 3.69. The van der Waals surface area contributed by atoms with Crippen LogP contribution in [-0.4, -0.2) is 25.1 Å². The van der Waals surface area contributed by atoms with Crippen LogP contribution in [0.2, 0.25) is 0 Å². The summed E-state index contributed by atoms with van der Waals surface area (Å²) < 4.78 is 0. The van der Waals surface area contributed by atoms with E-state index < -0.39 is 0 Å². The van der Waals surface area contributed by atoms with Gasteiger partial charge in [-0.25, -0.2) is 0 Å². The number of hydrogen-bond acceptors (Lipinski definition) is 4. The van der Waals surface area contributed by atoms with E-state index in [1.807, 2.05) is 36.7 Å². The first-order valence-electron chi connectivity index (χ1n) is 9.25. The maximum atomic E-state index is 4.50. The minimum Gasteiger partial charge on any atom is -0.286 e. The van der Waals surface area contributed by atoms with Crippen LogP contribution >= 0.6 is 0 Å². The van der Waals surface area contributed by atoms with Crippen molar-refractivity contribution in [3.63, 3.8) is 0 Å². The van der Waals surface area contributed by atoms with Gasteiger partial charge in [0.2, 0.25) is 0 Å². The van der Waals surface area contributed by atoms with Crippen LogP contribution < -0.4 is 0 Å². The number of aromatic amines is 1. The molecule has 4 rings (SSSR count). The lowest BCUT2D eigenvalue weighted by atomic mass is 10.1. The Morgan fingerprint density at radius 2 is 1.48 bits per heavy atom. The third-order valence-electron chi connectivity index (χ3n) is 4.57. The standard InChI is InChI=1S/C22H23N5/c1-2-8-18(7-1)13-21-14-22(26-25-21)17-27(15-19-9-3-5-11-23-19)16-20-10-4-6-12-24-20/h1-12,14,18H,13,15-17H2,(H,25,26). The highest BCUT2D eigenvalue weighted by Crippen LogP contribution is 2.16. The van der Waals surface area contributed by atoms with E-state index in [-0.39, 0.29) is 0 Å². The maximum absolute atomic E-state index is 4.50. The zero-order valence-corrected chi connectivity index (χ0v) is 15.2. The first kappa shape index (κ1) is 17.4. The van der Waals surface area contributed by atoms with Crippen LogP contribution in [-0.2, 0) is 26.1 Å². The van der Waals surface area contributed by atoms with Gasteiger partial charge >= 0.3 is 0 Å². The Bertz CT molecular complexity index is 845. The van der Waals surface area contributed by atoms with Crippen molar-refractivity contribution in [2.24, 2.45) is 5.92 Å². The van der Waals surface area contributed by atoms with Gasteiger partial charge in [0.05, 0.1) is 17.1 Å². The van der Waals surface area contributed by atoms with Gasteiger partial charge in [-0.2, -0.15) is 5.10 Å². The molecular formula is C22H23N5. The van der Waals surface area contributed by atoms with Crippen molar-refractivity contribution in [1.29, 1.82) is 0 Å². The van der Waals surface area contributed by atoms with Crippen LogP contribution in [0.5, 0.6) is 0 Å². The molecule has 0 bridgehead atoms. The lowest BCUT2D eigenvalue weighted by Gasteiger charge is -2.20. The number of pyridine rings is 2. The Hall–Kier alpha value is -3.05. The van der Waals surface area contributed by atoms with E-state index in [4.69, 9.17) is 0 Å². The molecule has 3 aromatic rings. The van der Waals surface area contributed by atoms with E-state index in [0.29, 0.717) is 5.92 Å². The second-order valence-electron chi connectivity index (χ2n) is 6.81. The fraction of sp³-hybridized carbons (Fsp3) is 0.227. The number of hydrogen-bond donors (Lipinski definition) is 1. The van der Waals surface area contributed by atoms with Crippen molar-refractivity contribution >= 4 is 0 Å². The third kappa shape index (κ3) is 4.99. The van der Waals surface area contributed by atoms with Crippen molar-refractivity contribution in [3.05, 3.63) is 102 Å². The monoisotopic (exact) mass is 357 g/mol. The lowest BCUT2D eigenvalue weighted by Crippen LogP contribution is -2.23. The van der Waals surface area contributed by atoms with E-state index in [9.17, 15) is 0 Å². The molecule has 136 valence electrons. The number of H-pyrrole nitrogens is 1. The number of allylic oxidation sites excluding steroid dienone is 4. The van der Waals surface area contributed by atoms with Gasteiger partial charge < -0.3 is 0 Å². The molecule has 1 aliphatic rings. The lowest BCUT2D eigenvalue weighted by molar-refractivity contribution is 0.238. The van der Waals surface area contributed by atoms with Crippen molar-refractivity contribution in [2.75, 3.05) is 0 Å². The summed E-state index contributed by atoms with van der Waals surface area (Å²) >= 11 is 0. The molecular weight excluding hydrogens is 334 g/mol. The second-order valence-corrected chi connectivity index (χ2v) is 6.81. The molecule has 5 heteroatoms. The molecule has 0 aliphatic heterocycles. The summed E-state index contributed by atoms with van der Waals surface area (Å²) in [6.07, 6.45) is 13.2. The van der Waals surface area contributed by atoms with E-state index >= 15 is 0 Å². The molecule has 3 heterocycles. The van der Waals surface area contributed by atoms with Crippen molar-refractivity contribution in [1.82, 2.24) is 25.1 Å². The van der Waals surface area contributed by atoms with Crippen LogP contribution in [0.4, 0.5) is 0 Å². The molecule has 0 saturated carbocycles. The van der Waals surface area contributed by atoms with E-state index in [0.717, 1.165) is 48.8 Å². The van der Waals surface area contributed by atoms with Gasteiger partial charge in [0, 0.05) is 50.1 Å². The van der Waals surface area contributed by atoms with Crippen molar-refractivity contribution in [2.45, 2.75) is 26.1 Å². The molecule has 0 fully saturated rings. The Morgan fingerprint density at radius 3 is 2.07 bits per heavy atom. The minimum absolute atomic E-state index is 0.458. The molecule has 27 heavy (non-hydrogen) atoms. The smallest absolute Gasteiger partial charge is 0.0634 e. The fourth-order valence-electron chi connectivity index (χ4n) is 3.30. The van der Waals surface area contributed by atoms with Gasteiger partial charge in [0.15, 0.2) is 0 Å². The Balaban J connectivity index is 1.45. The highest BCUT2D eigenvalue weighted by atomic mass is 15.2. The summed E-state index contributed by atoms with van der Waals surface area (Å²) in [5.41, 5.74) is 4.31. The summed E-state index contributed by atoms with van der Waals surface area (Å²) in [7, 11) is 0. The molecule has 0 unspecified atom stereocenters. The van der Waals surface area contributed by atoms with Crippen LogP contribution in [0.15, 0.2) is 79.2 Å². The molecule has 0 amide bonds. The van der Waals surface area contributed by atoms with Crippen LogP contribution in [0.25, 0.3) is 0 Å². The largest absolute Gasteiger partial charge is 0.286 e. The highest BCUT2D eigenvalue weighted by molar-refractivity contribution is 5.21. The van der Waals surface area contributed by atoms with Gasteiger partial charge in [-0.1, -0.05) is 36.4 Å². The molecule has 0 radical (unpaired) electrons. The van der Waals surface area contributed by atoms with E-state index in [1.165, 1.54) is 0 Å². The topological polar surface area (TPSA) is 57.7 Å². The molecule has 0 aromatic carbocycles. The van der Waals surface area contributed by atoms with Crippen molar-refractivity contribution < 1.29 is 0 Å². The normalized spacial score (nSPS) is 13.7. The fourth-order valence-corrected chi connectivity index (χ4v) is 3.30. The molecule has 1 N–H and O–H groups in total. The Labute approximate surface area is 159 Å². The molecule has 5 nitrogen and oxygen atoms in total. The summed E-state index contributed by atoms with van der Waals surface area (Å²) in [5.74, 6) is 0.458. The van der Waals surface area contributed by atoms with Gasteiger partial charge in [-0.3, -0.25) is 20.0 Å². The first-order valence-corrected chi connectivity index (χ1v) is 9.25. The first-order chi connectivity index (χ1) is 13.3. The summed E-state index contributed by atoms with van der Waals surface area (Å²) in [4.78, 5) is 11.3. The average Bonchev–Trinajstić information content (AvgIpc) is 3.36. The van der Waals surface area contributed by atoms with Crippen LogP contribution in [0, 0.1) is 5.92 Å². The quantitative estimate of drug-likeness (QED) is 0.668. The predicted molar refractivity (Wildman–Crippen MR) is 105 cm³/mol. The maximum Gasteiger partial charge on any atom is 0.0634 e. The molecule has 1 aliphatic carbocycles. The van der Waals surface area contributed by atoms with Gasteiger partial charge in [0.1, 0.15) is 0 Å². The summed E-state index contributed by atoms with van der Waals surface area (Å²) in [6, 6.07) is 14.2. The minimum atomic E-state index is 0.458. The SMILES string of the molecule is C1=CC(Cc2cc(CN(Cc3ccccn3)Cc3ccccn3)[nH]n2)C=C1. The molecule has 3 aromatic heterocycles. The number of aromatic nitrogens is 4. The number of nitrogens with one attached hydrogen (secondary N) is 1. The summed E-state index contributed by atoms with van der Waals surface area (Å²) in [5, 5.41) is 7.70. The Kier molecular flexibility index (Phi) is 5.50. The Morgan fingerprint density at radius 1 is 0.815 bits per heavy atom. The molecule has 0 atom stereocenters.